The first-order chi connectivity index (χ1) is 4.83. The minimum absolute atomic E-state index is 0. The third-order valence-corrected chi connectivity index (χ3v) is 1.46. The van der Waals surface area contributed by atoms with Gasteiger partial charge in [-0.05, 0) is 9.13 Å². The Morgan fingerprint density at radius 3 is 1.54 bits per heavy atom. The predicted octanol–water partition coefficient (Wildman–Crippen LogP) is -7.27. The fraction of sp³-hybridized carbons (Fsp3) is 1.00. The topological polar surface area (TPSA) is 119 Å². The monoisotopic (exact) mass is 248 g/mol. The van der Waals surface area contributed by atoms with Crippen molar-refractivity contribution in [3.05, 3.63) is 0 Å². The number of hydrogen-bond donors (Lipinski definition) is 1. The fourth-order valence-corrected chi connectivity index (χ4v) is 0.980. The van der Waals surface area contributed by atoms with Crippen molar-refractivity contribution in [3.8, 4) is 0 Å². The Labute approximate surface area is 120 Å². The zero-order chi connectivity index (χ0) is 9.07. The van der Waals surface area contributed by atoms with Crippen molar-refractivity contribution >= 4 is 16.5 Å². The van der Waals surface area contributed by atoms with E-state index in [-0.39, 0.29) is 59.1 Å². The largest absolute Gasteiger partial charge is 1.00 e. The first-order valence-corrected chi connectivity index (χ1v) is 4.42. The van der Waals surface area contributed by atoms with Gasteiger partial charge in [0.25, 0.3) is 0 Å². The molecule has 0 aliphatic carbocycles. The van der Waals surface area contributed by atoms with Crippen molar-refractivity contribution in [2.24, 2.45) is 0 Å². The van der Waals surface area contributed by atoms with Crippen LogP contribution in [0.5, 0.6) is 0 Å². The summed E-state index contributed by atoms with van der Waals surface area (Å²) in [5, 5.41) is 8.64. The quantitative estimate of drug-likeness (QED) is 0.298. The van der Waals surface area contributed by atoms with Crippen molar-refractivity contribution in [2.75, 3.05) is 0 Å². The summed E-state index contributed by atoms with van der Waals surface area (Å²) in [7, 11) is -6.72. The van der Waals surface area contributed by atoms with E-state index in [9.17, 15) is 18.9 Å². The molecule has 0 aliphatic heterocycles. The van der Waals surface area contributed by atoms with Crippen LogP contribution < -0.4 is 68.9 Å². The maximum atomic E-state index is 9.77. The van der Waals surface area contributed by atoms with E-state index in [0.717, 1.165) is 6.92 Å². The molecule has 7 nitrogen and oxygen atoms in total. The fourth-order valence-electron chi connectivity index (χ4n) is 0.293. The molecule has 0 aliphatic rings. The normalized spacial score (nSPS) is 16.0. The molecule has 2 atom stereocenters. The van der Waals surface area contributed by atoms with Crippen LogP contribution in [0.25, 0.3) is 0 Å². The van der Waals surface area contributed by atoms with Gasteiger partial charge in [0.1, 0.15) is 0 Å². The average Bonchev–Trinajstić information content (AvgIpc) is 1.53. The van der Waals surface area contributed by atoms with Gasteiger partial charge in [0.15, 0.2) is 0 Å². The summed E-state index contributed by atoms with van der Waals surface area (Å²) in [5.41, 5.74) is 0. The Hall–Kier alpha value is 2.00. The third-order valence-electron chi connectivity index (χ3n) is 0.488. The molecule has 64 valence electrons. The van der Waals surface area contributed by atoms with Crippen molar-refractivity contribution in [2.45, 2.75) is 12.9 Å². The standard InChI is InChI=1S/C2H4O7P2.2Na/c1-2(3,8-10(4)5)9-11(6)7;;/h3H,1H3;;/q;2*+1. The Balaban J connectivity index is -0.000000500. The molecule has 0 aromatic carbocycles. The van der Waals surface area contributed by atoms with Gasteiger partial charge in [0.05, 0.1) is 0 Å². The van der Waals surface area contributed by atoms with E-state index in [1.807, 2.05) is 0 Å². The second-order valence-corrected chi connectivity index (χ2v) is 2.79. The van der Waals surface area contributed by atoms with Crippen LogP contribution in [0.1, 0.15) is 6.92 Å². The molecule has 0 amide bonds. The zero-order valence-corrected chi connectivity index (χ0v) is 13.1. The summed E-state index contributed by atoms with van der Waals surface area (Å²) in [6.45, 7) is 0.725. The molecule has 0 saturated heterocycles. The zero-order valence-electron chi connectivity index (χ0n) is 7.29. The molecular formula is C2H4Na2O7P2+2. The molecule has 0 rings (SSSR count). The van der Waals surface area contributed by atoms with Crippen molar-refractivity contribution in [3.63, 3.8) is 0 Å². The molecule has 0 saturated carbocycles. The van der Waals surface area contributed by atoms with E-state index in [1.54, 1.807) is 0 Å². The molecule has 13 heavy (non-hydrogen) atoms. The van der Waals surface area contributed by atoms with Gasteiger partial charge in [0.2, 0.25) is 0 Å². The molecule has 0 heterocycles. The molecular weight excluding hydrogens is 244 g/mol. The van der Waals surface area contributed by atoms with Gasteiger partial charge in [0, 0.05) is 6.92 Å². The van der Waals surface area contributed by atoms with Crippen LogP contribution in [0, 0.1) is 0 Å². The molecule has 11 heteroatoms. The number of hydrogen-bond acceptors (Lipinski definition) is 7. The van der Waals surface area contributed by atoms with Crippen molar-refractivity contribution in [1.82, 2.24) is 0 Å². The van der Waals surface area contributed by atoms with Gasteiger partial charge >= 0.3 is 81.6 Å². The third kappa shape index (κ3) is 14.0. The van der Waals surface area contributed by atoms with Gasteiger partial charge < -0.3 is 14.9 Å². The van der Waals surface area contributed by atoms with E-state index in [2.05, 4.69) is 9.05 Å². The van der Waals surface area contributed by atoms with E-state index in [4.69, 9.17) is 5.11 Å². The summed E-state index contributed by atoms with van der Waals surface area (Å²) in [6.07, 6.45) is 0. The molecule has 0 aromatic heterocycles. The summed E-state index contributed by atoms with van der Waals surface area (Å²) >= 11 is 0. The van der Waals surface area contributed by atoms with Gasteiger partial charge in [-0.1, -0.05) is 9.05 Å². The minimum atomic E-state index is -3.36. The summed E-state index contributed by atoms with van der Waals surface area (Å²) in [6, 6.07) is 0. The van der Waals surface area contributed by atoms with E-state index >= 15 is 0 Å². The Morgan fingerprint density at radius 2 is 1.38 bits per heavy atom. The molecule has 0 aromatic rings. The molecule has 1 N–H and O–H groups in total. The first kappa shape index (κ1) is 20.4. The summed E-state index contributed by atoms with van der Waals surface area (Å²) < 4.78 is 26.9. The maximum absolute atomic E-state index is 9.77. The van der Waals surface area contributed by atoms with Crippen molar-refractivity contribution < 1.29 is 92.2 Å². The molecule has 2 unspecified atom stereocenters. The summed E-state index contributed by atoms with van der Waals surface area (Å²) in [5.74, 6) is -2.65. The maximum Gasteiger partial charge on any atom is 1.00 e. The van der Waals surface area contributed by atoms with E-state index in [0.29, 0.717) is 0 Å². The second-order valence-electron chi connectivity index (χ2n) is 1.53. The second kappa shape index (κ2) is 9.24. The van der Waals surface area contributed by atoms with E-state index < -0.39 is 22.5 Å². The number of rotatable bonds is 4. The SMILES string of the molecule is CC(O)(O[P+](=O)[O-])O[P+](=O)[O-].[Na+].[Na+]. The van der Waals surface area contributed by atoms with Crippen LogP contribution in [0.2, 0.25) is 0 Å². The average molecular weight is 248 g/mol. The Bertz CT molecular complexity index is 165. The molecule has 0 fully saturated rings. The predicted molar refractivity (Wildman–Crippen MR) is 28.0 cm³/mol. The van der Waals surface area contributed by atoms with Gasteiger partial charge in [-0.25, -0.2) is 0 Å². The molecule has 0 spiro atoms. The molecule has 0 radical (unpaired) electrons. The molecule has 0 bridgehead atoms. The summed E-state index contributed by atoms with van der Waals surface area (Å²) in [4.78, 5) is 19.5. The van der Waals surface area contributed by atoms with Crippen LogP contribution in [-0.4, -0.2) is 11.1 Å². The van der Waals surface area contributed by atoms with Crippen LogP contribution in [0.3, 0.4) is 0 Å². The van der Waals surface area contributed by atoms with Gasteiger partial charge in [-0.15, -0.1) is 0 Å². The smallest absolute Gasteiger partial charge is 0.566 e. The van der Waals surface area contributed by atoms with Crippen LogP contribution in [-0.2, 0) is 18.2 Å². The van der Waals surface area contributed by atoms with Gasteiger partial charge in [-0.3, -0.25) is 0 Å². The number of aliphatic hydroxyl groups is 1. The van der Waals surface area contributed by atoms with Crippen molar-refractivity contribution in [1.29, 1.82) is 0 Å². The van der Waals surface area contributed by atoms with E-state index in [1.165, 1.54) is 0 Å². The Kier molecular flexibility index (Phi) is 14.5. The minimum Gasteiger partial charge on any atom is -0.566 e. The first-order valence-electron chi connectivity index (χ1n) is 2.23. The van der Waals surface area contributed by atoms with Gasteiger partial charge in [-0.2, -0.15) is 0 Å². The van der Waals surface area contributed by atoms with Crippen LogP contribution in [0.4, 0.5) is 0 Å². The van der Waals surface area contributed by atoms with Crippen LogP contribution >= 0.6 is 16.5 Å². The Morgan fingerprint density at radius 1 is 1.15 bits per heavy atom. The van der Waals surface area contributed by atoms with Crippen LogP contribution in [0.15, 0.2) is 0 Å².